The molecule has 0 radical (unpaired) electrons. The standard InChI is InChI=1S/C18H18N4OS/c1-12-15-11-16(17(23)20-19-13-7-5-6-8-13)24-18(15)22(21-12)14-9-3-2-4-10-14/h2-4,9-11H,5-8H2,1H3,(H,20,23). The van der Waals surface area contributed by atoms with Crippen molar-refractivity contribution in [1.29, 1.82) is 0 Å². The van der Waals surface area contributed by atoms with Crippen LogP contribution in [0.1, 0.15) is 41.0 Å². The molecule has 1 fully saturated rings. The van der Waals surface area contributed by atoms with E-state index in [2.05, 4.69) is 15.6 Å². The number of hydrazone groups is 1. The quantitative estimate of drug-likeness (QED) is 0.732. The van der Waals surface area contributed by atoms with Gasteiger partial charge in [0.05, 0.1) is 16.3 Å². The number of nitrogens with zero attached hydrogens (tertiary/aromatic N) is 3. The molecule has 0 saturated heterocycles. The Kier molecular flexibility index (Phi) is 3.90. The van der Waals surface area contributed by atoms with E-state index >= 15 is 0 Å². The van der Waals surface area contributed by atoms with E-state index in [1.54, 1.807) is 0 Å². The summed E-state index contributed by atoms with van der Waals surface area (Å²) in [7, 11) is 0. The molecule has 1 aliphatic rings. The maximum atomic E-state index is 12.4. The smallest absolute Gasteiger partial charge is 0.266 e. The first-order chi connectivity index (χ1) is 11.7. The van der Waals surface area contributed by atoms with Gasteiger partial charge in [0.25, 0.3) is 5.91 Å². The largest absolute Gasteiger partial charge is 0.281 e. The van der Waals surface area contributed by atoms with Crippen molar-refractivity contribution in [2.24, 2.45) is 5.10 Å². The topological polar surface area (TPSA) is 59.3 Å². The predicted molar refractivity (Wildman–Crippen MR) is 97.1 cm³/mol. The van der Waals surface area contributed by atoms with Crippen molar-refractivity contribution in [2.45, 2.75) is 32.6 Å². The second-order valence-electron chi connectivity index (χ2n) is 5.99. The van der Waals surface area contributed by atoms with Crippen LogP contribution in [0, 0.1) is 6.92 Å². The highest BCUT2D eigenvalue weighted by Gasteiger charge is 2.17. The molecule has 1 N–H and O–H groups in total. The lowest BCUT2D eigenvalue weighted by molar-refractivity contribution is 0.0959. The third-order valence-electron chi connectivity index (χ3n) is 4.27. The zero-order chi connectivity index (χ0) is 16.5. The number of carbonyl (C=O) groups excluding carboxylic acids is 1. The number of amides is 1. The number of rotatable bonds is 3. The van der Waals surface area contributed by atoms with Gasteiger partial charge < -0.3 is 0 Å². The summed E-state index contributed by atoms with van der Waals surface area (Å²) in [4.78, 5) is 14.0. The van der Waals surface area contributed by atoms with Gasteiger partial charge >= 0.3 is 0 Å². The Morgan fingerprint density at radius 3 is 2.75 bits per heavy atom. The number of fused-ring (bicyclic) bond motifs is 1. The summed E-state index contributed by atoms with van der Waals surface area (Å²) in [6.07, 6.45) is 4.33. The molecule has 0 bridgehead atoms. The third-order valence-corrected chi connectivity index (χ3v) is 5.37. The zero-order valence-electron chi connectivity index (χ0n) is 13.5. The monoisotopic (exact) mass is 338 g/mol. The fourth-order valence-corrected chi connectivity index (χ4v) is 4.06. The van der Waals surface area contributed by atoms with Crippen LogP contribution in [-0.4, -0.2) is 21.4 Å². The van der Waals surface area contributed by atoms with Gasteiger partial charge in [-0.2, -0.15) is 10.2 Å². The molecule has 1 aliphatic carbocycles. The molecule has 2 heterocycles. The average Bonchev–Trinajstić information content (AvgIpc) is 3.32. The second kappa shape index (κ2) is 6.20. The summed E-state index contributed by atoms with van der Waals surface area (Å²) in [6.45, 7) is 1.97. The van der Waals surface area contributed by atoms with Crippen LogP contribution in [0.25, 0.3) is 15.9 Å². The van der Waals surface area contributed by atoms with Crippen LogP contribution in [-0.2, 0) is 0 Å². The van der Waals surface area contributed by atoms with Crippen LogP contribution in [0.2, 0.25) is 0 Å². The Hall–Kier alpha value is -2.47. The number of thiophene rings is 1. The molecule has 0 unspecified atom stereocenters. The summed E-state index contributed by atoms with van der Waals surface area (Å²) in [5.74, 6) is -0.144. The molecule has 1 saturated carbocycles. The number of aryl methyl sites for hydroxylation is 1. The highest BCUT2D eigenvalue weighted by atomic mass is 32.1. The van der Waals surface area contributed by atoms with Crippen LogP contribution in [0.5, 0.6) is 0 Å². The van der Waals surface area contributed by atoms with E-state index in [0.29, 0.717) is 4.88 Å². The minimum absolute atomic E-state index is 0.144. The lowest BCUT2D eigenvalue weighted by Gasteiger charge is -2.01. The molecule has 1 amide bonds. The Morgan fingerprint density at radius 2 is 2.00 bits per heavy atom. The van der Waals surface area contributed by atoms with Crippen molar-refractivity contribution in [2.75, 3.05) is 0 Å². The first-order valence-electron chi connectivity index (χ1n) is 8.13. The number of hydrogen-bond acceptors (Lipinski definition) is 4. The first kappa shape index (κ1) is 15.1. The van der Waals surface area contributed by atoms with E-state index in [1.807, 2.05) is 48.0 Å². The van der Waals surface area contributed by atoms with Gasteiger partial charge in [-0.3, -0.25) is 4.79 Å². The van der Waals surface area contributed by atoms with Gasteiger partial charge in [0.1, 0.15) is 4.83 Å². The van der Waals surface area contributed by atoms with Gasteiger partial charge in [-0.25, -0.2) is 10.1 Å². The Balaban J connectivity index is 1.66. The second-order valence-corrected chi connectivity index (χ2v) is 7.02. The molecule has 1 aromatic carbocycles. The Bertz CT molecular complexity index is 915. The van der Waals surface area contributed by atoms with E-state index < -0.39 is 0 Å². The maximum Gasteiger partial charge on any atom is 0.281 e. The van der Waals surface area contributed by atoms with Crippen LogP contribution in [0.4, 0.5) is 0 Å². The highest BCUT2D eigenvalue weighted by molar-refractivity contribution is 7.20. The normalized spacial score (nSPS) is 14.3. The number of nitrogens with one attached hydrogen (secondary N) is 1. The van der Waals surface area contributed by atoms with Crippen LogP contribution >= 0.6 is 11.3 Å². The van der Waals surface area contributed by atoms with Crippen molar-refractivity contribution in [3.63, 3.8) is 0 Å². The third kappa shape index (κ3) is 2.73. The van der Waals surface area contributed by atoms with Crippen LogP contribution in [0.3, 0.4) is 0 Å². The van der Waals surface area contributed by atoms with Crippen molar-refractivity contribution in [3.05, 3.63) is 47.0 Å². The zero-order valence-corrected chi connectivity index (χ0v) is 14.3. The Morgan fingerprint density at radius 1 is 1.25 bits per heavy atom. The first-order valence-corrected chi connectivity index (χ1v) is 8.94. The van der Waals surface area contributed by atoms with Gasteiger partial charge in [-0.1, -0.05) is 18.2 Å². The summed E-state index contributed by atoms with van der Waals surface area (Å²) in [6, 6.07) is 11.9. The summed E-state index contributed by atoms with van der Waals surface area (Å²) < 4.78 is 1.90. The molecule has 5 nitrogen and oxygen atoms in total. The van der Waals surface area contributed by atoms with Crippen molar-refractivity contribution in [1.82, 2.24) is 15.2 Å². The average molecular weight is 338 g/mol. The van der Waals surface area contributed by atoms with Gasteiger partial charge in [-0.15, -0.1) is 11.3 Å². The van der Waals surface area contributed by atoms with Crippen molar-refractivity contribution >= 4 is 33.2 Å². The molecule has 4 rings (SSSR count). The summed E-state index contributed by atoms with van der Waals surface area (Å²) in [5.41, 5.74) is 5.71. The molecule has 122 valence electrons. The minimum atomic E-state index is -0.144. The van der Waals surface area contributed by atoms with E-state index in [0.717, 1.165) is 40.2 Å². The van der Waals surface area contributed by atoms with E-state index in [1.165, 1.54) is 24.2 Å². The number of hydrogen-bond donors (Lipinski definition) is 1. The van der Waals surface area contributed by atoms with Crippen molar-refractivity contribution < 1.29 is 4.79 Å². The van der Waals surface area contributed by atoms with Gasteiger partial charge in [-0.05, 0) is 50.8 Å². The summed E-state index contributed by atoms with van der Waals surface area (Å²) in [5, 5.41) is 9.87. The molecule has 0 spiro atoms. The molecular formula is C18H18N4OS. The van der Waals surface area contributed by atoms with E-state index in [4.69, 9.17) is 0 Å². The SMILES string of the molecule is Cc1nn(-c2ccccc2)c2sc(C(=O)NN=C3CCCC3)cc12. The van der Waals surface area contributed by atoms with Crippen LogP contribution in [0.15, 0.2) is 41.5 Å². The predicted octanol–water partition coefficient (Wildman–Crippen LogP) is 4.06. The van der Waals surface area contributed by atoms with E-state index in [-0.39, 0.29) is 5.91 Å². The lowest BCUT2D eigenvalue weighted by atomic mass is 10.3. The molecular weight excluding hydrogens is 320 g/mol. The number of aromatic nitrogens is 2. The molecule has 0 aliphatic heterocycles. The number of para-hydroxylation sites is 1. The number of benzene rings is 1. The number of carbonyl (C=O) groups is 1. The van der Waals surface area contributed by atoms with Gasteiger partial charge in [0.15, 0.2) is 0 Å². The minimum Gasteiger partial charge on any atom is -0.266 e. The lowest BCUT2D eigenvalue weighted by Crippen LogP contribution is -2.17. The van der Waals surface area contributed by atoms with Crippen LogP contribution < -0.4 is 5.43 Å². The summed E-state index contributed by atoms with van der Waals surface area (Å²) >= 11 is 1.45. The molecule has 3 aromatic rings. The molecule has 6 heteroatoms. The van der Waals surface area contributed by atoms with Crippen molar-refractivity contribution in [3.8, 4) is 5.69 Å². The Labute approximate surface area is 144 Å². The molecule has 0 atom stereocenters. The maximum absolute atomic E-state index is 12.4. The highest BCUT2D eigenvalue weighted by Crippen LogP contribution is 2.30. The molecule has 24 heavy (non-hydrogen) atoms. The van der Waals surface area contributed by atoms with Gasteiger partial charge in [0, 0.05) is 11.1 Å². The van der Waals surface area contributed by atoms with Gasteiger partial charge in [0.2, 0.25) is 0 Å². The van der Waals surface area contributed by atoms with E-state index in [9.17, 15) is 4.79 Å². The molecule has 2 aromatic heterocycles. The fraction of sp³-hybridized carbons (Fsp3) is 0.278. The fourth-order valence-electron chi connectivity index (χ4n) is 2.98.